The molecule has 0 aliphatic rings. The average molecular weight is 340 g/mol. The molecule has 2 rings (SSSR count). The van der Waals surface area contributed by atoms with E-state index in [2.05, 4.69) is 20.2 Å². The molecule has 0 unspecified atom stereocenters. The second-order valence-electron chi connectivity index (χ2n) is 5.77. The molecule has 2 N–H and O–H groups in total. The Bertz CT molecular complexity index is 711. The highest BCUT2D eigenvalue weighted by Gasteiger charge is 2.22. The number of sulfonamides is 1. The SMILES string of the molecule is CC(C)(CNc1nnc(Cc2ccccc2)s1)NS(C)(=O)=O. The molecule has 0 saturated carbocycles. The molecule has 0 aliphatic carbocycles. The van der Waals surface area contributed by atoms with Crippen LogP contribution in [0.2, 0.25) is 0 Å². The molecule has 0 radical (unpaired) electrons. The van der Waals surface area contributed by atoms with Gasteiger partial charge in [-0.25, -0.2) is 13.1 Å². The van der Waals surface area contributed by atoms with Crippen LogP contribution in [0.4, 0.5) is 5.13 Å². The number of hydrogen-bond donors (Lipinski definition) is 2. The van der Waals surface area contributed by atoms with Crippen molar-refractivity contribution in [2.45, 2.75) is 25.8 Å². The van der Waals surface area contributed by atoms with E-state index in [4.69, 9.17) is 0 Å². The minimum absolute atomic E-state index is 0.431. The molecule has 0 fully saturated rings. The first kappa shape index (κ1) is 16.9. The van der Waals surface area contributed by atoms with Crippen LogP contribution in [0.3, 0.4) is 0 Å². The van der Waals surface area contributed by atoms with Crippen LogP contribution in [0.1, 0.15) is 24.4 Å². The van der Waals surface area contributed by atoms with Crippen LogP contribution in [-0.2, 0) is 16.4 Å². The second kappa shape index (κ2) is 6.72. The molecule has 1 heterocycles. The summed E-state index contributed by atoms with van der Waals surface area (Å²) in [6.45, 7) is 4.06. The van der Waals surface area contributed by atoms with Gasteiger partial charge in [-0.05, 0) is 19.4 Å². The van der Waals surface area contributed by atoms with Crippen molar-refractivity contribution in [2.24, 2.45) is 0 Å². The highest BCUT2D eigenvalue weighted by molar-refractivity contribution is 7.88. The van der Waals surface area contributed by atoms with Crippen LogP contribution in [0.25, 0.3) is 0 Å². The Balaban J connectivity index is 1.92. The zero-order valence-corrected chi connectivity index (χ0v) is 14.5. The summed E-state index contributed by atoms with van der Waals surface area (Å²) in [5.41, 5.74) is 0.586. The molecule has 1 aromatic carbocycles. The number of hydrogen-bond acceptors (Lipinski definition) is 6. The number of anilines is 1. The number of benzene rings is 1. The van der Waals surface area contributed by atoms with Crippen molar-refractivity contribution in [1.82, 2.24) is 14.9 Å². The Morgan fingerprint density at radius 1 is 1.18 bits per heavy atom. The van der Waals surface area contributed by atoms with E-state index in [1.807, 2.05) is 44.2 Å². The van der Waals surface area contributed by atoms with Crippen LogP contribution < -0.4 is 10.0 Å². The molecule has 6 nitrogen and oxygen atoms in total. The fourth-order valence-corrected chi connectivity index (χ4v) is 3.85. The van der Waals surface area contributed by atoms with Gasteiger partial charge in [-0.15, -0.1) is 10.2 Å². The Hall–Kier alpha value is -1.51. The van der Waals surface area contributed by atoms with E-state index in [1.54, 1.807) is 0 Å². The van der Waals surface area contributed by atoms with Crippen LogP contribution in [0, 0.1) is 0 Å². The van der Waals surface area contributed by atoms with E-state index in [-0.39, 0.29) is 0 Å². The molecule has 120 valence electrons. The van der Waals surface area contributed by atoms with E-state index < -0.39 is 15.6 Å². The summed E-state index contributed by atoms with van der Waals surface area (Å²) < 4.78 is 25.2. The molecule has 22 heavy (non-hydrogen) atoms. The number of nitrogens with zero attached hydrogens (tertiary/aromatic N) is 2. The van der Waals surface area contributed by atoms with Crippen LogP contribution in [-0.4, -0.2) is 37.0 Å². The maximum absolute atomic E-state index is 11.3. The Morgan fingerprint density at radius 2 is 1.86 bits per heavy atom. The summed E-state index contributed by atoms with van der Waals surface area (Å²) in [5, 5.41) is 13.0. The van der Waals surface area contributed by atoms with Crippen molar-refractivity contribution < 1.29 is 8.42 Å². The molecule has 1 aromatic heterocycles. The minimum Gasteiger partial charge on any atom is -0.358 e. The lowest BCUT2D eigenvalue weighted by Gasteiger charge is -2.24. The number of nitrogens with one attached hydrogen (secondary N) is 2. The standard InChI is InChI=1S/C14H20N4O2S2/c1-14(2,18-22(3,19)20)10-15-13-17-16-12(21-13)9-11-7-5-4-6-8-11/h4-8,18H,9-10H2,1-3H3,(H,15,17). The third-order valence-electron chi connectivity index (χ3n) is 2.81. The van der Waals surface area contributed by atoms with Gasteiger partial charge >= 0.3 is 0 Å². The van der Waals surface area contributed by atoms with Crippen molar-refractivity contribution >= 4 is 26.5 Å². The fraction of sp³-hybridized carbons (Fsp3) is 0.429. The lowest BCUT2D eigenvalue weighted by Crippen LogP contribution is -2.47. The van der Waals surface area contributed by atoms with E-state index in [9.17, 15) is 8.42 Å². The van der Waals surface area contributed by atoms with Crippen molar-refractivity contribution in [1.29, 1.82) is 0 Å². The maximum Gasteiger partial charge on any atom is 0.209 e. The monoisotopic (exact) mass is 340 g/mol. The smallest absolute Gasteiger partial charge is 0.209 e. The minimum atomic E-state index is -3.24. The van der Waals surface area contributed by atoms with Gasteiger partial charge in [0.05, 0.1) is 6.26 Å². The molecular weight excluding hydrogens is 320 g/mol. The van der Waals surface area contributed by atoms with Gasteiger partial charge in [-0.2, -0.15) is 0 Å². The van der Waals surface area contributed by atoms with Crippen molar-refractivity contribution in [3.63, 3.8) is 0 Å². The van der Waals surface area contributed by atoms with E-state index >= 15 is 0 Å². The summed E-state index contributed by atoms with van der Waals surface area (Å²) >= 11 is 1.48. The first-order valence-electron chi connectivity index (χ1n) is 6.83. The lowest BCUT2D eigenvalue weighted by atomic mass is 10.1. The maximum atomic E-state index is 11.3. The quantitative estimate of drug-likeness (QED) is 0.804. The molecule has 0 bridgehead atoms. The molecule has 0 saturated heterocycles. The Morgan fingerprint density at radius 3 is 2.50 bits per heavy atom. The largest absolute Gasteiger partial charge is 0.358 e. The van der Waals surface area contributed by atoms with E-state index in [0.29, 0.717) is 11.7 Å². The van der Waals surface area contributed by atoms with Gasteiger partial charge in [0.2, 0.25) is 15.2 Å². The fourth-order valence-electron chi connectivity index (χ4n) is 2.00. The molecule has 0 spiro atoms. The van der Waals surface area contributed by atoms with Crippen molar-refractivity contribution in [3.05, 3.63) is 40.9 Å². The number of rotatable bonds is 7. The molecule has 0 aliphatic heterocycles. The van der Waals surface area contributed by atoms with Crippen molar-refractivity contribution in [3.8, 4) is 0 Å². The van der Waals surface area contributed by atoms with Gasteiger partial charge in [0.15, 0.2) is 0 Å². The van der Waals surface area contributed by atoms with Crippen molar-refractivity contribution in [2.75, 3.05) is 18.1 Å². The Labute approximate surface area is 135 Å². The summed E-state index contributed by atoms with van der Waals surface area (Å²) in [6.07, 6.45) is 1.89. The molecule has 0 atom stereocenters. The van der Waals surface area contributed by atoms with Gasteiger partial charge in [0.1, 0.15) is 5.01 Å². The third kappa shape index (κ3) is 5.70. The summed E-state index contributed by atoms with van der Waals surface area (Å²) in [7, 11) is -3.24. The third-order valence-corrected chi connectivity index (χ3v) is 4.61. The molecule has 0 amide bonds. The van der Waals surface area contributed by atoms with E-state index in [1.165, 1.54) is 16.9 Å². The average Bonchev–Trinajstić information content (AvgIpc) is 2.83. The second-order valence-corrected chi connectivity index (χ2v) is 8.59. The first-order chi connectivity index (χ1) is 10.2. The van der Waals surface area contributed by atoms with Gasteiger partial charge in [0.25, 0.3) is 0 Å². The summed E-state index contributed by atoms with van der Waals surface area (Å²) in [4.78, 5) is 0. The van der Waals surface area contributed by atoms with Gasteiger partial charge in [0, 0.05) is 18.5 Å². The van der Waals surface area contributed by atoms with Gasteiger partial charge in [-0.1, -0.05) is 41.7 Å². The summed E-state index contributed by atoms with van der Waals surface area (Å²) in [6, 6.07) is 10.1. The highest BCUT2D eigenvalue weighted by Crippen LogP contribution is 2.19. The Kier molecular flexibility index (Phi) is 5.15. The van der Waals surface area contributed by atoms with Crippen LogP contribution >= 0.6 is 11.3 Å². The van der Waals surface area contributed by atoms with E-state index in [0.717, 1.165) is 17.7 Å². The van der Waals surface area contributed by atoms with Gasteiger partial charge < -0.3 is 5.32 Å². The van der Waals surface area contributed by atoms with Gasteiger partial charge in [-0.3, -0.25) is 0 Å². The lowest BCUT2D eigenvalue weighted by molar-refractivity contribution is 0.476. The zero-order chi connectivity index (χ0) is 16.2. The first-order valence-corrected chi connectivity index (χ1v) is 9.53. The topological polar surface area (TPSA) is 84.0 Å². The predicted molar refractivity (Wildman–Crippen MR) is 89.7 cm³/mol. The molecular formula is C14H20N4O2S2. The number of aromatic nitrogens is 2. The normalized spacial score (nSPS) is 12.3. The van der Waals surface area contributed by atoms with Crippen LogP contribution in [0.15, 0.2) is 30.3 Å². The zero-order valence-electron chi connectivity index (χ0n) is 12.8. The molecule has 2 aromatic rings. The van der Waals surface area contributed by atoms with Crippen LogP contribution in [0.5, 0.6) is 0 Å². The molecule has 8 heteroatoms. The summed E-state index contributed by atoms with van der Waals surface area (Å²) in [5.74, 6) is 0. The highest BCUT2D eigenvalue weighted by atomic mass is 32.2. The predicted octanol–water partition coefficient (Wildman–Crippen LogP) is 1.87.